The highest BCUT2D eigenvalue weighted by Gasteiger charge is 2.22. The number of hydrogen-bond donors (Lipinski definition) is 1. The monoisotopic (exact) mass is 321 g/mol. The molecule has 2 rings (SSSR count). The van der Waals surface area contributed by atoms with E-state index in [9.17, 15) is 4.79 Å². The van der Waals surface area contributed by atoms with E-state index in [0.29, 0.717) is 38.7 Å². The lowest BCUT2D eigenvalue weighted by Crippen LogP contribution is -2.28. The fraction of sp³-hybridized carbons (Fsp3) is 0.611. The minimum Gasteiger partial charge on any atom is -0.486 e. The highest BCUT2D eigenvalue weighted by atomic mass is 16.6. The number of ether oxygens (including phenoxy) is 3. The fourth-order valence-electron chi connectivity index (χ4n) is 2.75. The zero-order valence-electron chi connectivity index (χ0n) is 14.3. The van der Waals surface area contributed by atoms with Gasteiger partial charge >= 0.3 is 0 Å². The van der Waals surface area contributed by atoms with Crippen LogP contribution < -0.4 is 14.8 Å². The van der Waals surface area contributed by atoms with E-state index in [-0.39, 0.29) is 11.8 Å². The third kappa shape index (κ3) is 5.13. The normalized spacial score (nSPS) is 14.6. The van der Waals surface area contributed by atoms with E-state index in [1.807, 2.05) is 18.2 Å². The smallest absolute Gasteiger partial charge is 0.220 e. The van der Waals surface area contributed by atoms with Crippen molar-refractivity contribution in [1.29, 1.82) is 0 Å². The first-order valence-electron chi connectivity index (χ1n) is 8.27. The molecular weight excluding hydrogens is 294 g/mol. The van der Waals surface area contributed by atoms with Gasteiger partial charge in [0.1, 0.15) is 13.2 Å². The van der Waals surface area contributed by atoms with Crippen LogP contribution in [0.3, 0.4) is 0 Å². The molecule has 1 unspecified atom stereocenters. The van der Waals surface area contributed by atoms with E-state index in [1.54, 1.807) is 7.11 Å². The van der Waals surface area contributed by atoms with Crippen molar-refractivity contribution in [1.82, 2.24) is 5.32 Å². The summed E-state index contributed by atoms with van der Waals surface area (Å²) in [5, 5.41) is 2.96. The molecule has 0 aliphatic carbocycles. The quantitative estimate of drug-likeness (QED) is 0.748. The molecule has 1 aromatic carbocycles. The Labute approximate surface area is 138 Å². The van der Waals surface area contributed by atoms with Crippen molar-refractivity contribution in [2.24, 2.45) is 5.92 Å². The van der Waals surface area contributed by atoms with E-state index >= 15 is 0 Å². The van der Waals surface area contributed by atoms with Gasteiger partial charge < -0.3 is 19.5 Å². The molecule has 0 aromatic heterocycles. The second-order valence-electron chi connectivity index (χ2n) is 6.15. The van der Waals surface area contributed by atoms with Gasteiger partial charge in [-0.05, 0) is 36.0 Å². The molecular formula is C18H27NO4. The van der Waals surface area contributed by atoms with Crippen molar-refractivity contribution in [2.75, 3.05) is 33.5 Å². The van der Waals surface area contributed by atoms with E-state index in [0.717, 1.165) is 23.5 Å². The van der Waals surface area contributed by atoms with Gasteiger partial charge in [-0.15, -0.1) is 0 Å². The molecule has 1 aliphatic heterocycles. The molecule has 1 aliphatic rings. The minimum atomic E-state index is 0.0784. The molecule has 0 saturated heterocycles. The van der Waals surface area contributed by atoms with Crippen LogP contribution in [0.25, 0.3) is 0 Å². The predicted molar refractivity (Wildman–Crippen MR) is 89.1 cm³/mol. The van der Waals surface area contributed by atoms with Crippen LogP contribution in [0.1, 0.15) is 38.2 Å². The van der Waals surface area contributed by atoms with Gasteiger partial charge in [0.2, 0.25) is 5.91 Å². The second-order valence-corrected chi connectivity index (χ2v) is 6.15. The van der Waals surface area contributed by atoms with Crippen molar-refractivity contribution in [3.8, 4) is 11.5 Å². The average Bonchev–Trinajstić information content (AvgIpc) is 2.56. The third-order valence-corrected chi connectivity index (χ3v) is 4.05. The van der Waals surface area contributed by atoms with Crippen LogP contribution in [0, 0.1) is 5.92 Å². The summed E-state index contributed by atoms with van der Waals surface area (Å²) in [6.45, 7) is 6.75. The topological polar surface area (TPSA) is 56.8 Å². The largest absolute Gasteiger partial charge is 0.486 e. The van der Waals surface area contributed by atoms with Crippen LogP contribution in [0.15, 0.2) is 18.2 Å². The molecule has 0 radical (unpaired) electrons. The summed E-state index contributed by atoms with van der Waals surface area (Å²) in [6, 6.07) is 5.99. The molecule has 0 saturated carbocycles. The maximum absolute atomic E-state index is 12.2. The van der Waals surface area contributed by atoms with Gasteiger partial charge in [0.15, 0.2) is 11.5 Å². The van der Waals surface area contributed by atoms with Crippen molar-refractivity contribution in [3.63, 3.8) is 0 Å². The Hall–Kier alpha value is -1.75. The van der Waals surface area contributed by atoms with Crippen molar-refractivity contribution in [2.45, 2.75) is 32.6 Å². The number of nitrogens with one attached hydrogen (secondary N) is 1. The number of rotatable bonds is 8. The molecule has 23 heavy (non-hydrogen) atoms. The molecule has 1 N–H and O–H groups in total. The number of benzene rings is 1. The van der Waals surface area contributed by atoms with Crippen LogP contribution >= 0.6 is 0 Å². The molecule has 128 valence electrons. The molecule has 1 aromatic rings. The molecule has 0 spiro atoms. The Morgan fingerprint density at radius 2 is 2.00 bits per heavy atom. The summed E-state index contributed by atoms with van der Waals surface area (Å²) in [4.78, 5) is 12.2. The van der Waals surface area contributed by atoms with Crippen LogP contribution in [0.2, 0.25) is 0 Å². The number of carbonyl (C=O) groups excluding carboxylic acids is 1. The molecule has 1 atom stereocenters. The maximum atomic E-state index is 12.2. The minimum absolute atomic E-state index is 0.0784. The highest BCUT2D eigenvalue weighted by molar-refractivity contribution is 5.77. The zero-order chi connectivity index (χ0) is 16.7. The van der Waals surface area contributed by atoms with Crippen LogP contribution in [-0.2, 0) is 9.53 Å². The molecule has 1 amide bonds. The standard InChI is InChI=1S/C18H27NO4/c1-13(2)15(12-18(20)19-7-4-8-21-3)14-5-6-16-17(11-14)23-10-9-22-16/h5-6,11,13,15H,4,7-10,12H2,1-3H3,(H,19,20). The Kier molecular flexibility index (Phi) is 6.71. The first kappa shape index (κ1) is 17.6. The van der Waals surface area contributed by atoms with Gasteiger partial charge in [-0.2, -0.15) is 0 Å². The van der Waals surface area contributed by atoms with Gasteiger partial charge in [0, 0.05) is 26.7 Å². The Balaban J connectivity index is 1.99. The second kappa shape index (κ2) is 8.77. The van der Waals surface area contributed by atoms with Crippen LogP contribution in [0.5, 0.6) is 11.5 Å². The van der Waals surface area contributed by atoms with Crippen molar-refractivity contribution >= 4 is 5.91 Å². The number of carbonyl (C=O) groups is 1. The average molecular weight is 321 g/mol. The lowest BCUT2D eigenvalue weighted by Gasteiger charge is -2.24. The first-order chi connectivity index (χ1) is 11.1. The molecule has 5 heteroatoms. The lowest BCUT2D eigenvalue weighted by atomic mass is 9.85. The third-order valence-electron chi connectivity index (χ3n) is 4.05. The van der Waals surface area contributed by atoms with Gasteiger partial charge in [-0.25, -0.2) is 0 Å². The fourth-order valence-corrected chi connectivity index (χ4v) is 2.75. The van der Waals surface area contributed by atoms with Crippen LogP contribution in [-0.4, -0.2) is 39.4 Å². The molecule has 1 heterocycles. The van der Waals surface area contributed by atoms with Gasteiger partial charge in [-0.1, -0.05) is 19.9 Å². The first-order valence-corrected chi connectivity index (χ1v) is 8.27. The van der Waals surface area contributed by atoms with E-state index in [1.165, 1.54) is 0 Å². The molecule has 5 nitrogen and oxygen atoms in total. The van der Waals surface area contributed by atoms with Crippen molar-refractivity contribution < 1.29 is 19.0 Å². The van der Waals surface area contributed by atoms with E-state index in [2.05, 4.69) is 19.2 Å². The van der Waals surface area contributed by atoms with Gasteiger partial charge in [0.25, 0.3) is 0 Å². The van der Waals surface area contributed by atoms with Crippen molar-refractivity contribution in [3.05, 3.63) is 23.8 Å². The molecule has 0 fully saturated rings. The Morgan fingerprint density at radius 1 is 1.26 bits per heavy atom. The summed E-state index contributed by atoms with van der Waals surface area (Å²) in [5.41, 5.74) is 1.12. The van der Waals surface area contributed by atoms with E-state index in [4.69, 9.17) is 14.2 Å². The predicted octanol–water partition coefficient (Wildman–Crippen LogP) is 2.74. The Morgan fingerprint density at radius 3 is 2.70 bits per heavy atom. The number of hydrogen-bond acceptors (Lipinski definition) is 4. The maximum Gasteiger partial charge on any atom is 0.220 e. The summed E-state index contributed by atoms with van der Waals surface area (Å²) >= 11 is 0. The summed E-state index contributed by atoms with van der Waals surface area (Å²) < 4.78 is 16.2. The van der Waals surface area contributed by atoms with Gasteiger partial charge in [-0.3, -0.25) is 4.79 Å². The summed E-state index contributed by atoms with van der Waals surface area (Å²) in [5.74, 6) is 2.16. The molecule has 0 bridgehead atoms. The van der Waals surface area contributed by atoms with Crippen LogP contribution in [0.4, 0.5) is 0 Å². The van der Waals surface area contributed by atoms with E-state index < -0.39 is 0 Å². The lowest BCUT2D eigenvalue weighted by molar-refractivity contribution is -0.121. The SMILES string of the molecule is COCCCNC(=O)CC(c1ccc2c(c1)OCCO2)C(C)C. The number of fused-ring (bicyclic) bond motifs is 1. The summed E-state index contributed by atoms with van der Waals surface area (Å²) in [6.07, 6.45) is 1.31. The Bertz CT molecular complexity index is 516. The highest BCUT2D eigenvalue weighted by Crippen LogP contribution is 2.36. The summed E-state index contributed by atoms with van der Waals surface area (Å²) in [7, 11) is 1.67. The number of methoxy groups -OCH3 is 1. The van der Waals surface area contributed by atoms with Gasteiger partial charge in [0.05, 0.1) is 0 Å². The zero-order valence-corrected chi connectivity index (χ0v) is 14.3. The number of amides is 1.